The molecule has 1 N–H and O–H groups in total. The van der Waals surface area contributed by atoms with E-state index >= 15 is 0 Å². The summed E-state index contributed by atoms with van der Waals surface area (Å²) in [5.41, 5.74) is 4.93. The minimum atomic E-state index is -0.954. The molecule has 5 rings (SSSR count). The minimum absolute atomic E-state index is 0.0162. The number of aromatic nitrogens is 1. The van der Waals surface area contributed by atoms with E-state index in [1.165, 1.54) is 18.4 Å². The van der Waals surface area contributed by atoms with Gasteiger partial charge in [0.2, 0.25) is 0 Å². The van der Waals surface area contributed by atoms with Crippen LogP contribution in [0.25, 0.3) is 22.0 Å². The Labute approximate surface area is 212 Å². The van der Waals surface area contributed by atoms with Crippen LogP contribution >= 0.6 is 0 Å². The van der Waals surface area contributed by atoms with E-state index in [2.05, 4.69) is 32.9 Å². The maximum atomic E-state index is 12.8. The van der Waals surface area contributed by atoms with Gasteiger partial charge in [0.25, 0.3) is 0 Å². The summed E-state index contributed by atoms with van der Waals surface area (Å²) in [5, 5.41) is 11.3. The largest absolute Gasteiger partial charge is 0.497 e. The highest BCUT2D eigenvalue weighted by atomic mass is 16.5. The van der Waals surface area contributed by atoms with Gasteiger partial charge in [0.05, 0.1) is 19.2 Å². The van der Waals surface area contributed by atoms with Crippen molar-refractivity contribution >= 4 is 16.9 Å². The van der Waals surface area contributed by atoms with Crippen molar-refractivity contribution in [2.45, 2.75) is 45.6 Å². The summed E-state index contributed by atoms with van der Waals surface area (Å²) in [6, 6.07) is 22.0. The number of carboxylic acid groups (broad SMARTS) is 1. The van der Waals surface area contributed by atoms with Crippen molar-refractivity contribution in [2.75, 3.05) is 13.7 Å². The maximum Gasteiger partial charge on any atom is 0.353 e. The fourth-order valence-electron chi connectivity index (χ4n) is 4.69. The van der Waals surface area contributed by atoms with Crippen LogP contribution in [-0.2, 0) is 12.0 Å². The van der Waals surface area contributed by atoms with Gasteiger partial charge in [-0.15, -0.1) is 0 Å². The van der Waals surface area contributed by atoms with E-state index in [4.69, 9.17) is 9.47 Å². The van der Waals surface area contributed by atoms with Crippen molar-refractivity contribution in [1.29, 1.82) is 0 Å². The lowest BCUT2D eigenvalue weighted by Crippen LogP contribution is -2.11. The van der Waals surface area contributed by atoms with Gasteiger partial charge in [-0.1, -0.05) is 57.2 Å². The number of carboxylic acids is 1. The molecule has 0 saturated heterocycles. The third kappa shape index (κ3) is 4.83. The summed E-state index contributed by atoms with van der Waals surface area (Å²) in [4.78, 5) is 12.8. The van der Waals surface area contributed by atoms with Gasteiger partial charge in [-0.2, -0.15) is 0 Å². The van der Waals surface area contributed by atoms with Gasteiger partial charge in [-0.3, -0.25) is 0 Å². The van der Waals surface area contributed by atoms with Crippen LogP contribution < -0.4 is 9.47 Å². The van der Waals surface area contributed by atoms with Crippen molar-refractivity contribution in [2.24, 2.45) is 5.92 Å². The number of ether oxygens (including phenoxy) is 2. The third-order valence-electron chi connectivity index (χ3n) is 6.94. The Morgan fingerprint density at radius 3 is 2.39 bits per heavy atom. The van der Waals surface area contributed by atoms with Gasteiger partial charge < -0.3 is 19.1 Å². The van der Waals surface area contributed by atoms with E-state index in [1.54, 1.807) is 7.11 Å². The van der Waals surface area contributed by atoms with E-state index in [0.29, 0.717) is 19.1 Å². The average molecular weight is 484 g/mol. The standard InChI is InChI=1S/C31H33NO4/c1-31(2,3)23-12-10-22(11-13-23)28-26-15-14-25(36-19-20-8-9-20)17-27(26)32(29(28)30(33)34)18-21-6-5-7-24(16-21)35-4/h5-7,10-17,20H,8-9,18-19H2,1-4H3,(H,33,34). The van der Waals surface area contributed by atoms with Gasteiger partial charge in [-0.25, -0.2) is 4.79 Å². The summed E-state index contributed by atoms with van der Waals surface area (Å²) in [7, 11) is 1.63. The van der Waals surface area contributed by atoms with Crippen LogP contribution in [-0.4, -0.2) is 29.4 Å². The molecule has 5 heteroatoms. The number of hydrogen-bond acceptors (Lipinski definition) is 3. The van der Waals surface area contributed by atoms with Crippen LogP contribution in [0.3, 0.4) is 0 Å². The summed E-state index contributed by atoms with van der Waals surface area (Å²) in [6.45, 7) is 7.63. The molecule has 3 aromatic carbocycles. The van der Waals surface area contributed by atoms with Crippen molar-refractivity contribution in [3.05, 3.63) is 83.6 Å². The van der Waals surface area contributed by atoms with E-state index in [9.17, 15) is 9.90 Å². The Morgan fingerprint density at radius 2 is 1.75 bits per heavy atom. The van der Waals surface area contributed by atoms with Gasteiger partial charge in [0.1, 0.15) is 17.2 Å². The Balaban J connectivity index is 1.68. The second kappa shape index (κ2) is 9.38. The molecule has 0 aliphatic heterocycles. The molecule has 0 amide bonds. The SMILES string of the molecule is COc1cccc(Cn2c(C(=O)O)c(-c3ccc(C(C)(C)C)cc3)c3ccc(OCC4CC4)cc32)c1. The number of methoxy groups -OCH3 is 1. The number of hydrogen-bond donors (Lipinski definition) is 1. The smallest absolute Gasteiger partial charge is 0.353 e. The first-order valence-corrected chi connectivity index (χ1v) is 12.5. The molecule has 1 saturated carbocycles. The molecule has 0 radical (unpaired) electrons. The van der Waals surface area contributed by atoms with Gasteiger partial charge in [0.15, 0.2) is 0 Å². The molecule has 36 heavy (non-hydrogen) atoms. The Morgan fingerprint density at radius 1 is 1.00 bits per heavy atom. The monoisotopic (exact) mass is 483 g/mol. The molecule has 0 spiro atoms. The quantitative estimate of drug-likeness (QED) is 0.289. The number of nitrogens with zero attached hydrogens (tertiary/aromatic N) is 1. The lowest BCUT2D eigenvalue weighted by Gasteiger charge is -2.19. The van der Waals surface area contributed by atoms with E-state index in [-0.39, 0.29) is 11.1 Å². The molecule has 1 aliphatic carbocycles. The van der Waals surface area contributed by atoms with Crippen LogP contribution in [0.1, 0.15) is 55.2 Å². The Kier molecular flexibility index (Phi) is 6.25. The number of fused-ring (bicyclic) bond motifs is 1. The number of benzene rings is 3. The van der Waals surface area contributed by atoms with Crippen LogP contribution in [0, 0.1) is 5.92 Å². The molecule has 0 atom stereocenters. The fourth-order valence-corrected chi connectivity index (χ4v) is 4.69. The Bertz CT molecular complexity index is 1410. The van der Waals surface area contributed by atoms with Crippen molar-refractivity contribution in [3.63, 3.8) is 0 Å². The number of aromatic carboxylic acids is 1. The second-order valence-electron chi connectivity index (χ2n) is 10.7. The normalized spacial score (nSPS) is 13.7. The number of rotatable bonds is 8. The highest BCUT2D eigenvalue weighted by Gasteiger charge is 2.26. The van der Waals surface area contributed by atoms with Crippen molar-refractivity contribution in [3.8, 4) is 22.6 Å². The minimum Gasteiger partial charge on any atom is -0.497 e. The van der Waals surface area contributed by atoms with Crippen LogP contribution in [0.4, 0.5) is 0 Å². The van der Waals surface area contributed by atoms with Gasteiger partial charge in [0, 0.05) is 23.6 Å². The average Bonchev–Trinajstić information content (AvgIpc) is 3.64. The van der Waals surface area contributed by atoms with Crippen molar-refractivity contribution in [1.82, 2.24) is 4.57 Å². The predicted octanol–water partition coefficient (Wildman–Crippen LogP) is 7.15. The zero-order valence-electron chi connectivity index (χ0n) is 21.4. The van der Waals surface area contributed by atoms with E-state index in [1.807, 2.05) is 59.2 Å². The van der Waals surface area contributed by atoms with Crippen LogP contribution in [0.15, 0.2) is 66.7 Å². The predicted molar refractivity (Wildman–Crippen MR) is 143 cm³/mol. The highest BCUT2D eigenvalue weighted by molar-refractivity contribution is 6.08. The molecule has 1 fully saturated rings. The second-order valence-corrected chi connectivity index (χ2v) is 10.7. The topological polar surface area (TPSA) is 60.7 Å². The molecule has 0 bridgehead atoms. The fraction of sp³-hybridized carbons (Fsp3) is 0.323. The molecule has 1 aliphatic rings. The van der Waals surface area contributed by atoms with Gasteiger partial charge >= 0.3 is 5.97 Å². The lowest BCUT2D eigenvalue weighted by molar-refractivity contribution is 0.0687. The number of carbonyl (C=O) groups is 1. The summed E-state index contributed by atoms with van der Waals surface area (Å²) < 4.78 is 13.4. The molecular formula is C31H33NO4. The summed E-state index contributed by atoms with van der Waals surface area (Å²) in [6.07, 6.45) is 2.43. The zero-order chi connectivity index (χ0) is 25.4. The lowest BCUT2D eigenvalue weighted by atomic mass is 9.86. The summed E-state index contributed by atoms with van der Waals surface area (Å²) in [5.74, 6) is 1.19. The maximum absolute atomic E-state index is 12.8. The summed E-state index contributed by atoms with van der Waals surface area (Å²) >= 11 is 0. The Hall–Kier alpha value is -3.73. The van der Waals surface area contributed by atoms with Crippen LogP contribution in [0.2, 0.25) is 0 Å². The molecule has 4 aromatic rings. The van der Waals surface area contributed by atoms with Gasteiger partial charge in [-0.05, 0) is 65.1 Å². The van der Waals surface area contributed by atoms with Crippen LogP contribution in [0.5, 0.6) is 11.5 Å². The van der Waals surface area contributed by atoms with E-state index < -0.39 is 5.97 Å². The first-order valence-electron chi connectivity index (χ1n) is 12.5. The first-order chi connectivity index (χ1) is 17.2. The zero-order valence-corrected chi connectivity index (χ0v) is 21.4. The molecule has 1 heterocycles. The first kappa shape index (κ1) is 24.0. The van der Waals surface area contributed by atoms with Crippen molar-refractivity contribution < 1.29 is 19.4 Å². The van der Waals surface area contributed by atoms with E-state index in [0.717, 1.165) is 39.1 Å². The molecule has 186 valence electrons. The third-order valence-corrected chi connectivity index (χ3v) is 6.94. The molecule has 5 nitrogen and oxygen atoms in total. The molecule has 1 aromatic heterocycles. The highest BCUT2D eigenvalue weighted by Crippen LogP contribution is 2.39. The molecule has 0 unspecified atom stereocenters. The molecular weight excluding hydrogens is 450 g/mol.